The van der Waals surface area contributed by atoms with Gasteiger partial charge >= 0.3 is 29.6 Å². The Morgan fingerprint density at radius 2 is 1.60 bits per heavy atom. The molecule has 0 spiro atoms. The first-order chi connectivity index (χ1) is 11.5. The second-order valence-electron chi connectivity index (χ2n) is 4.77. The molecule has 122 valence electrons. The normalized spacial score (nSPS) is 10.8. The van der Waals surface area contributed by atoms with Gasteiger partial charge in [0.25, 0.3) is 0 Å². The SMILES string of the molecule is O=S(=O)([N-]c1cc(-c2ccc(Cl)c(Cl)c2)ncn1)c1ccccc1.[Na+]. The summed E-state index contributed by atoms with van der Waals surface area (Å²) < 4.78 is 28.3. The first kappa shape index (κ1) is 20.2. The van der Waals surface area contributed by atoms with Gasteiger partial charge < -0.3 is 9.71 Å². The first-order valence-corrected chi connectivity index (χ1v) is 8.96. The Labute approximate surface area is 177 Å². The van der Waals surface area contributed by atoms with Crippen LogP contribution >= 0.6 is 23.2 Å². The second-order valence-corrected chi connectivity index (χ2v) is 7.19. The van der Waals surface area contributed by atoms with Crippen LogP contribution in [0.3, 0.4) is 0 Å². The summed E-state index contributed by atoms with van der Waals surface area (Å²) in [6, 6.07) is 14.4. The van der Waals surface area contributed by atoms with E-state index < -0.39 is 10.0 Å². The van der Waals surface area contributed by atoms with Crippen LogP contribution in [0.5, 0.6) is 0 Å². The van der Waals surface area contributed by atoms with E-state index in [1.54, 1.807) is 36.4 Å². The van der Waals surface area contributed by atoms with Gasteiger partial charge in [0.05, 0.1) is 20.6 Å². The summed E-state index contributed by atoms with van der Waals surface area (Å²) in [5, 5.41) is 0.800. The van der Waals surface area contributed by atoms with Crippen molar-refractivity contribution in [3.8, 4) is 11.3 Å². The number of benzene rings is 2. The number of halogens is 2. The molecule has 9 heteroatoms. The van der Waals surface area contributed by atoms with E-state index in [4.69, 9.17) is 23.2 Å². The van der Waals surface area contributed by atoms with Gasteiger partial charge in [-0.25, -0.2) is 8.42 Å². The molecule has 5 nitrogen and oxygen atoms in total. The Hall–Kier alpha value is -1.15. The molecule has 0 saturated heterocycles. The molecule has 2 aromatic carbocycles. The summed E-state index contributed by atoms with van der Waals surface area (Å²) in [7, 11) is -3.84. The zero-order chi connectivity index (χ0) is 17.2. The zero-order valence-corrected chi connectivity index (χ0v) is 17.4. The number of nitrogens with zero attached hydrogens (tertiary/aromatic N) is 3. The van der Waals surface area contributed by atoms with Crippen LogP contribution in [0.25, 0.3) is 16.0 Å². The van der Waals surface area contributed by atoms with Crippen molar-refractivity contribution in [1.29, 1.82) is 0 Å². The Morgan fingerprint density at radius 3 is 2.28 bits per heavy atom. The third-order valence-corrected chi connectivity index (χ3v) is 5.16. The topological polar surface area (TPSA) is 74.0 Å². The van der Waals surface area contributed by atoms with E-state index >= 15 is 0 Å². The molecule has 0 saturated carbocycles. The molecular formula is C16H10Cl2N3NaO2S. The van der Waals surface area contributed by atoms with E-state index in [0.29, 0.717) is 21.3 Å². The smallest absolute Gasteiger partial charge is 0.426 e. The van der Waals surface area contributed by atoms with Gasteiger partial charge in [0, 0.05) is 11.9 Å². The minimum Gasteiger partial charge on any atom is -0.426 e. The summed E-state index contributed by atoms with van der Waals surface area (Å²) in [5.41, 5.74) is 1.17. The molecule has 0 aliphatic heterocycles. The molecule has 0 N–H and O–H groups in total. The average Bonchev–Trinajstić information content (AvgIpc) is 2.58. The van der Waals surface area contributed by atoms with Gasteiger partial charge in [-0.1, -0.05) is 47.5 Å². The van der Waals surface area contributed by atoms with Gasteiger partial charge in [0.2, 0.25) is 10.0 Å². The Morgan fingerprint density at radius 1 is 0.880 bits per heavy atom. The Balaban J connectivity index is 0.00000225. The maximum atomic E-state index is 12.3. The van der Waals surface area contributed by atoms with E-state index in [2.05, 4.69) is 14.7 Å². The van der Waals surface area contributed by atoms with Crippen molar-refractivity contribution in [2.75, 3.05) is 0 Å². The summed E-state index contributed by atoms with van der Waals surface area (Å²) in [4.78, 5) is 8.11. The Kier molecular flexibility index (Phi) is 6.85. The van der Waals surface area contributed by atoms with Crippen molar-refractivity contribution in [2.45, 2.75) is 4.90 Å². The molecule has 0 radical (unpaired) electrons. The standard InChI is InChI=1S/C16H10Cl2N3O2S.Na/c17-13-7-6-11(8-14(13)18)15-9-16(20-10-19-15)21-24(22,23)12-4-2-1-3-5-12;/h1-10H;/q-1;+1. The van der Waals surface area contributed by atoms with Gasteiger partial charge in [-0.3, -0.25) is 4.98 Å². The van der Waals surface area contributed by atoms with E-state index in [9.17, 15) is 8.42 Å². The van der Waals surface area contributed by atoms with E-state index in [-0.39, 0.29) is 40.3 Å². The van der Waals surface area contributed by atoms with Gasteiger partial charge in [-0.15, -0.1) is 0 Å². The molecule has 0 unspecified atom stereocenters. The third-order valence-electron chi connectivity index (χ3n) is 3.12. The van der Waals surface area contributed by atoms with Crippen molar-refractivity contribution in [3.63, 3.8) is 0 Å². The molecule has 1 heterocycles. The van der Waals surface area contributed by atoms with Gasteiger partial charge in [0.1, 0.15) is 0 Å². The van der Waals surface area contributed by atoms with Crippen LogP contribution in [-0.2, 0) is 10.0 Å². The van der Waals surface area contributed by atoms with Gasteiger partial charge in [-0.2, -0.15) is 0 Å². The summed E-state index contributed by atoms with van der Waals surface area (Å²) in [6.07, 6.45) is 1.25. The average molecular weight is 402 g/mol. The fraction of sp³-hybridized carbons (Fsp3) is 0. The van der Waals surface area contributed by atoms with Crippen LogP contribution < -0.4 is 29.6 Å². The largest absolute Gasteiger partial charge is 1.00 e. The van der Waals surface area contributed by atoms with Crippen LogP contribution in [0.4, 0.5) is 5.82 Å². The predicted octanol–water partition coefficient (Wildman–Crippen LogP) is 1.85. The molecule has 1 aromatic heterocycles. The molecule has 3 aromatic rings. The molecule has 0 amide bonds. The molecule has 0 fully saturated rings. The number of hydrogen-bond donors (Lipinski definition) is 0. The van der Waals surface area contributed by atoms with Crippen LogP contribution in [0, 0.1) is 0 Å². The molecular weight excluding hydrogens is 392 g/mol. The summed E-state index contributed by atoms with van der Waals surface area (Å²) in [6.45, 7) is 0. The predicted molar refractivity (Wildman–Crippen MR) is 94.1 cm³/mol. The molecule has 3 rings (SSSR count). The quantitative estimate of drug-likeness (QED) is 0.625. The van der Waals surface area contributed by atoms with Crippen LogP contribution in [-0.4, -0.2) is 18.4 Å². The van der Waals surface area contributed by atoms with Crippen LogP contribution in [0.2, 0.25) is 10.0 Å². The Bertz CT molecular complexity index is 986. The molecule has 0 aliphatic rings. The molecule has 0 atom stereocenters. The number of hydrogen-bond acceptors (Lipinski definition) is 4. The van der Waals surface area contributed by atoms with Crippen molar-refractivity contribution < 1.29 is 38.0 Å². The minimum absolute atomic E-state index is 0. The first-order valence-electron chi connectivity index (χ1n) is 6.76. The summed E-state index contributed by atoms with van der Waals surface area (Å²) >= 11 is 11.9. The van der Waals surface area contributed by atoms with Crippen molar-refractivity contribution in [3.05, 3.63) is 75.7 Å². The summed E-state index contributed by atoms with van der Waals surface area (Å²) in [5.74, 6) is 0.0370. The van der Waals surface area contributed by atoms with Crippen LogP contribution in [0.15, 0.2) is 65.8 Å². The fourth-order valence-electron chi connectivity index (χ4n) is 1.98. The molecule has 25 heavy (non-hydrogen) atoms. The zero-order valence-electron chi connectivity index (χ0n) is 13.1. The van der Waals surface area contributed by atoms with Gasteiger partial charge in [-0.05, 0) is 36.1 Å². The molecule has 0 aliphatic carbocycles. The number of rotatable bonds is 4. The van der Waals surface area contributed by atoms with Crippen molar-refractivity contribution in [1.82, 2.24) is 9.97 Å². The van der Waals surface area contributed by atoms with E-state index in [0.717, 1.165) is 0 Å². The van der Waals surface area contributed by atoms with Crippen molar-refractivity contribution >= 4 is 39.0 Å². The minimum atomic E-state index is -3.84. The van der Waals surface area contributed by atoms with Crippen molar-refractivity contribution in [2.24, 2.45) is 0 Å². The van der Waals surface area contributed by atoms with Gasteiger partial charge in [0.15, 0.2) is 0 Å². The second kappa shape index (κ2) is 8.49. The monoisotopic (exact) mass is 401 g/mol. The number of aromatic nitrogens is 2. The maximum Gasteiger partial charge on any atom is 1.00 e. The number of sulfonamides is 1. The van der Waals surface area contributed by atoms with E-state index in [1.165, 1.54) is 24.5 Å². The molecule has 0 bridgehead atoms. The van der Waals surface area contributed by atoms with Crippen LogP contribution in [0.1, 0.15) is 0 Å². The third kappa shape index (κ3) is 4.94. The fourth-order valence-corrected chi connectivity index (χ4v) is 3.23. The maximum absolute atomic E-state index is 12.3. The van der Waals surface area contributed by atoms with E-state index in [1.807, 2.05) is 0 Å².